The third kappa shape index (κ3) is 3.07. The third-order valence-electron chi connectivity index (χ3n) is 3.65. The minimum absolute atomic E-state index is 0.314. The van der Waals surface area contributed by atoms with E-state index in [1.54, 1.807) is 6.92 Å². The fourth-order valence-corrected chi connectivity index (χ4v) is 2.75. The topological polar surface area (TPSA) is 83.9 Å². The van der Waals surface area contributed by atoms with Crippen LogP contribution in [0.5, 0.6) is 0 Å². The quantitative estimate of drug-likeness (QED) is 0.874. The zero-order valence-corrected chi connectivity index (χ0v) is 11.2. The van der Waals surface area contributed by atoms with Crippen LogP contribution in [0.4, 0.5) is 0 Å². The van der Waals surface area contributed by atoms with E-state index in [0.29, 0.717) is 30.4 Å². The summed E-state index contributed by atoms with van der Waals surface area (Å²) in [5.74, 6) is -0.308. The normalized spacial score (nSPS) is 23.9. The molecule has 0 aliphatic carbocycles. The van der Waals surface area contributed by atoms with E-state index in [2.05, 4.69) is 6.92 Å². The molecule has 1 saturated heterocycles. The lowest BCUT2D eigenvalue weighted by Gasteiger charge is -2.19. The van der Waals surface area contributed by atoms with Gasteiger partial charge < -0.3 is 13.9 Å². The molecule has 1 N–H and O–H groups in total. The van der Waals surface area contributed by atoms with Crippen molar-refractivity contribution in [3.05, 3.63) is 22.1 Å². The summed E-state index contributed by atoms with van der Waals surface area (Å²) in [5, 5.41) is 9.26. The molecule has 19 heavy (non-hydrogen) atoms. The SMILES string of the molecule is CCCC1CC(C(=O)O)N(Cc2oc(=O)oc2C)C1. The molecule has 1 fully saturated rings. The summed E-state index contributed by atoms with van der Waals surface area (Å²) in [7, 11) is 0. The number of hydrogen-bond acceptors (Lipinski definition) is 5. The lowest BCUT2D eigenvalue weighted by Crippen LogP contribution is -2.35. The van der Waals surface area contributed by atoms with Crippen LogP contribution in [0.1, 0.15) is 37.7 Å². The predicted octanol–water partition coefficient (Wildman–Crippen LogP) is 1.62. The highest BCUT2D eigenvalue weighted by Gasteiger charge is 2.37. The molecule has 0 amide bonds. The Morgan fingerprint density at radius 2 is 2.21 bits per heavy atom. The predicted molar refractivity (Wildman–Crippen MR) is 66.8 cm³/mol. The van der Waals surface area contributed by atoms with Gasteiger partial charge in [0.05, 0.1) is 6.54 Å². The van der Waals surface area contributed by atoms with E-state index in [9.17, 15) is 14.7 Å². The fourth-order valence-electron chi connectivity index (χ4n) is 2.75. The number of rotatable bonds is 5. The molecule has 0 spiro atoms. The summed E-state index contributed by atoms with van der Waals surface area (Å²) in [4.78, 5) is 24.1. The van der Waals surface area contributed by atoms with E-state index in [1.807, 2.05) is 4.90 Å². The van der Waals surface area contributed by atoms with Gasteiger partial charge in [-0.25, -0.2) is 4.79 Å². The Kier molecular flexibility index (Phi) is 4.09. The summed E-state index contributed by atoms with van der Waals surface area (Å²) in [6.07, 6.45) is 2.73. The van der Waals surface area contributed by atoms with Gasteiger partial charge in [-0.2, -0.15) is 0 Å². The molecule has 0 radical (unpaired) electrons. The summed E-state index contributed by atoms with van der Waals surface area (Å²) in [5.41, 5.74) is 0. The monoisotopic (exact) mass is 269 g/mol. The van der Waals surface area contributed by atoms with Gasteiger partial charge in [-0.15, -0.1) is 0 Å². The van der Waals surface area contributed by atoms with E-state index in [-0.39, 0.29) is 0 Å². The second-order valence-corrected chi connectivity index (χ2v) is 5.11. The zero-order valence-electron chi connectivity index (χ0n) is 11.2. The Labute approximate surface area is 111 Å². The minimum atomic E-state index is -0.818. The van der Waals surface area contributed by atoms with Crippen LogP contribution in [0, 0.1) is 12.8 Å². The van der Waals surface area contributed by atoms with Crippen LogP contribution in [0.25, 0.3) is 0 Å². The first-order valence-electron chi connectivity index (χ1n) is 6.57. The van der Waals surface area contributed by atoms with Gasteiger partial charge >= 0.3 is 11.8 Å². The van der Waals surface area contributed by atoms with Gasteiger partial charge in [0.25, 0.3) is 0 Å². The largest absolute Gasteiger partial charge is 0.519 e. The summed E-state index contributed by atoms with van der Waals surface area (Å²) >= 11 is 0. The first-order chi connectivity index (χ1) is 9.01. The highest BCUT2D eigenvalue weighted by molar-refractivity contribution is 5.73. The number of aryl methyl sites for hydroxylation is 1. The number of carbonyl (C=O) groups is 1. The number of hydrogen-bond donors (Lipinski definition) is 1. The van der Waals surface area contributed by atoms with Crippen molar-refractivity contribution in [2.45, 2.75) is 45.7 Å². The van der Waals surface area contributed by atoms with Crippen molar-refractivity contribution in [3.8, 4) is 0 Å². The van der Waals surface area contributed by atoms with Crippen LogP contribution >= 0.6 is 0 Å². The summed E-state index contributed by atoms with van der Waals surface area (Å²) in [6.45, 7) is 4.78. The molecule has 1 aliphatic heterocycles. The Bertz CT molecular complexity index is 503. The van der Waals surface area contributed by atoms with Crippen LogP contribution in [-0.2, 0) is 11.3 Å². The van der Waals surface area contributed by atoms with Crippen molar-refractivity contribution in [1.82, 2.24) is 4.90 Å². The second-order valence-electron chi connectivity index (χ2n) is 5.11. The third-order valence-corrected chi connectivity index (χ3v) is 3.65. The minimum Gasteiger partial charge on any atom is -0.480 e. The van der Waals surface area contributed by atoms with Crippen LogP contribution in [0.2, 0.25) is 0 Å². The molecule has 2 unspecified atom stereocenters. The molecule has 2 atom stereocenters. The number of likely N-dealkylation sites (tertiary alicyclic amines) is 1. The first-order valence-corrected chi connectivity index (χ1v) is 6.57. The van der Waals surface area contributed by atoms with Crippen molar-refractivity contribution < 1.29 is 18.7 Å². The molecule has 0 bridgehead atoms. The number of carboxylic acids is 1. The van der Waals surface area contributed by atoms with Crippen LogP contribution in [0.15, 0.2) is 13.6 Å². The fraction of sp³-hybridized carbons (Fsp3) is 0.692. The Balaban J connectivity index is 2.11. The molecular weight excluding hydrogens is 250 g/mol. The van der Waals surface area contributed by atoms with Gasteiger partial charge in [-0.1, -0.05) is 13.3 Å². The Morgan fingerprint density at radius 3 is 2.74 bits per heavy atom. The van der Waals surface area contributed by atoms with Gasteiger partial charge in [0, 0.05) is 6.54 Å². The molecule has 1 aromatic heterocycles. The molecular formula is C13H19NO5. The van der Waals surface area contributed by atoms with E-state index in [0.717, 1.165) is 19.4 Å². The zero-order chi connectivity index (χ0) is 14.0. The van der Waals surface area contributed by atoms with Gasteiger partial charge in [0.15, 0.2) is 5.76 Å². The van der Waals surface area contributed by atoms with Gasteiger partial charge in [-0.05, 0) is 25.7 Å². The van der Waals surface area contributed by atoms with Crippen molar-refractivity contribution in [2.24, 2.45) is 5.92 Å². The van der Waals surface area contributed by atoms with E-state index >= 15 is 0 Å². The number of carboxylic acid groups (broad SMARTS) is 1. The van der Waals surface area contributed by atoms with Gasteiger partial charge in [0.2, 0.25) is 0 Å². The van der Waals surface area contributed by atoms with E-state index in [1.165, 1.54) is 0 Å². The van der Waals surface area contributed by atoms with Crippen molar-refractivity contribution in [3.63, 3.8) is 0 Å². The average molecular weight is 269 g/mol. The maximum absolute atomic E-state index is 11.3. The standard InChI is InChI=1S/C13H19NO5/c1-3-4-9-5-10(12(15)16)14(6-9)7-11-8(2)18-13(17)19-11/h9-10H,3-7H2,1-2H3,(H,15,16). The van der Waals surface area contributed by atoms with E-state index in [4.69, 9.17) is 8.83 Å². The lowest BCUT2D eigenvalue weighted by molar-refractivity contribution is -0.142. The summed E-state index contributed by atoms with van der Waals surface area (Å²) in [6, 6.07) is -0.504. The van der Waals surface area contributed by atoms with Crippen molar-refractivity contribution in [2.75, 3.05) is 6.54 Å². The average Bonchev–Trinajstić information content (AvgIpc) is 2.84. The molecule has 2 rings (SSSR count). The van der Waals surface area contributed by atoms with E-state index < -0.39 is 17.8 Å². The molecule has 1 aromatic rings. The van der Waals surface area contributed by atoms with Crippen molar-refractivity contribution in [1.29, 1.82) is 0 Å². The highest BCUT2D eigenvalue weighted by Crippen LogP contribution is 2.28. The molecule has 6 heteroatoms. The molecule has 2 heterocycles. The molecule has 0 aromatic carbocycles. The summed E-state index contributed by atoms with van der Waals surface area (Å²) < 4.78 is 9.74. The highest BCUT2D eigenvalue weighted by atomic mass is 16.6. The molecule has 1 aliphatic rings. The molecule has 106 valence electrons. The molecule has 6 nitrogen and oxygen atoms in total. The lowest BCUT2D eigenvalue weighted by atomic mass is 10.0. The Hall–Kier alpha value is -1.56. The van der Waals surface area contributed by atoms with Crippen LogP contribution < -0.4 is 5.82 Å². The Morgan fingerprint density at radius 1 is 1.47 bits per heavy atom. The first kappa shape index (κ1) is 13.9. The maximum atomic E-state index is 11.3. The van der Waals surface area contributed by atoms with Crippen LogP contribution in [-0.4, -0.2) is 28.6 Å². The maximum Gasteiger partial charge on any atom is 0.519 e. The number of aliphatic carboxylic acids is 1. The smallest absolute Gasteiger partial charge is 0.480 e. The number of nitrogens with zero attached hydrogens (tertiary/aromatic N) is 1. The molecule has 0 saturated carbocycles. The van der Waals surface area contributed by atoms with Gasteiger partial charge in [-0.3, -0.25) is 9.69 Å². The van der Waals surface area contributed by atoms with Crippen LogP contribution in [0.3, 0.4) is 0 Å². The van der Waals surface area contributed by atoms with Crippen molar-refractivity contribution >= 4 is 5.97 Å². The second kappa shape index (κ2) is 5.61. The van der Waals surface area contributed by atoms with Gasteiger partial charge in [0.1, 0.15) is 11.8 Å².